The van der Waals surface area contributed by atoms with E-state index in [1.165, 1.54) is 11.3 Å². The Labute approximate surface area is 300 Å². The van der Waals surface area contributed by atoms with Gasteiger partial charge in [0.1, 0.15) is 23.2 Å². The van der Waals surface area contributed by atoms with Crippen molar-refractivity contribution in [2.75, 3.05) is 5.32 Å². The number of ether oxygens (including phenoxy) is 1. The van der Waals surface area contributed by atoms with Gasteiger partial charge in [0, 0.05) is 51.5 Å². The van der Waals surface area contributed by atoms with E-state index in [0.717, 1.165) is 50.0 Å². The molecule has 10 bridgehead atoms. The number of oxazole rings is 2. The van der Waals surface area contributed by atoms with Crippen molar-refractivity contribution in [2.45, 2.75) is 44.0 Å². The molecule has 3 aromatic carbocycles. The molecule has 2 amide bonds. The minimum atomic E-state index is -1.03. The van der Waals surface area contributed by atoms with Crippen molar-refractivity contribution < 1.29 is 23.2 Å². The highest BCUT2D eigenvalue weighted by Gasteiger charge is 2.61. The molecular weight excluding hydrogens is 677 g/mol. The summed E-state index contributed by atoms with van der Waals surface area (Å²) in [6, 6.07) is 20.5. The van der Waals surface area contributed by atoms with E-state index in [-0.39, 0.29) is 24.2 Å². The van der Waals surface area contributed by atoms with Crippen molar-refractivity contribution in [2.24, 2.45) is 5.92 Å². The molecule has 1 unspecified atom stereocenters. The topological polar surface area (TPSA) is 147 Å². The predicted molar refractivity (Wildman–Crippen MR) is 194 cm³/mol. The van der Waals surface area contributed by atoms with E-state index in [1.54, 1.807) is 12.3 Å². The smallest absolute Gasteiger partial charge is 0.262 e. The number of carbonyl (C=O) groups excluding carboxylic acids is 2. The maximum Gasteiger partial charge on any atom is 0.262 e. The normalized spacial score (nSPS) is 21.8. The number of carbonyl (C=O) groups is 2. The number of anilines is 1. The molecule has 0 saturated carbocycles. The number of H-pyrrole nitrogens is 1. The second kappa shape index (κ2) is 10.5. The largest absolute Gasteiger partial charge is 0.469 e. The van der Waals surface area contributed by atoms with Gasteiger partial charge in [0.25, 0.3) is 5.91 Å². The number of benzene rings is 3. The Balaban J connectivity index is 1.21. The molecular formula is C40H30N6O5S. The summed E-state index contributed by atoms with van der Waals surface area (Å²) in [7, 11) is 0. The van der Waals surface area contributed by atoms with Crippen molar-refractivity contribution in [3.8, 4) is 39.8 Å². The number of hydrogen-bond donors (Lipinski definition) is 4. The van der Waals surface area contributed by atoms with Crippen LogP contribution in [-0.2, 0) is 16.6 Å². The monoisotopic (exact) mass is 706 g/mol. The Hall–Kier alpha value is -6.14. The fourth-order valence-electron chi connectivity index (χ4n) is 8.49. The molecule has 256 valence electrons. The summed E-state index contributed by atoms with van der Waals surface area (Å²) in [6.07, 6.45) is 3.31. The molecule has 12 heteroatoms. The number of fused-ring (bicyclic) bond motifs is 7. The van der Waals surface area contributed by atoms with Crippen molar-refractivity contribution >= 4 is 39.7 Å². The lowest BCUT2D eigenvalue weighted by Crippen LogP contribution is -2.49. The van der Waals surface area contributed by atoms with E-state index in [0.29, 0.717) is 39.6 Å². The van der Waals surface area contributed by atoms with Crippen molar-refractivity contribution in [1.82, 2.24) is 25.6 Å². The van der Waals surface area contributed by atoms with Gasteiger partial charge in [-0.1, -0.05) is 62.4 Å². The number of thiophene rings is 1. The molecule has 11 nitrogen and oxygen atoms in total. The number of rotatable bonds is 3. The summed E-state index contributed by atoms with van der Waals surface area (Å²) < 4.78 is 20.5. The molecule has 7 aromatic rings. The fraction of sp³-hybridized carbons (Fsp3) is 0.200. The summed E-state index contributed by atoms with van der Waals surface area (Å²) >= 11 is 1.33. The molecule has 8 heterocycles. The van der Waals surface area contributed by atoms with E-state index in [2.05, 4.69) is 57.3 Å². The number of hydrogen-bond acceptors (Lipinski definition) is 9. The first kappa shape index (κ1) is 29.6. The first-order valence-corrected chi connectivity index (χ1v) is 18.2. The highest BCUT2D eigenvalue weighted by atomic mass is 32.1. The zero-order valence-electron chi connectivity index (χ0n) is 27.9. The Morgan fingerprint density at radius 3 is 2.75 bits per heavy atom. The van der Waals surface area contributed by atoms with Crippen LogP contribution in [0.25, 0.3) is 44.9 Å². The Morgan fingerprint density at radius 1 is 1.00 bits per heavy atom. The maximum atomic E-state index is 14.2. The van der Waals surface area contributed by atoms with E-state index >= 15 is 0 Å². The van der Waals surface area contributed by atoms with Gasteiger partial charge in [0.2, 0.25) is 17.7 Å². The zero-order valence-corrected chi connectivity index (χ0v) is 28.8. The third-order valence-electron chi connectivity index (χ3n) is 10.9. The van der Waals surface area contributed by atoms with Crippen LogP contribution in [0.1, 0.15) is 57.9 Å². The summed E-state index contributed by atoms with van der Waals surface area (Å²) in [5, 5.41) is 12.8. The molecule has 0 saturated heterocycles. The van der Waals surface area contributed by atoms with Crippen LogP contribution in [0.4, 0.5) is 5.69 Å². The van der Waals surface area contributed by atoms with Crippen LogP contribution in [0.2, 0.25) is 0 Å². The van der Waals surface area contributed by atoms with Crippen LogP contribution in [0, 0.1) is 5.92 Å². The molecule has 4 aromatic heterocycles. The SMILES string of the molecule is CC(C)[C@@H]1NC(=O)[C@@H](NC(=O)c2cccs2)Cc2ccc3c(c2)[C@]24c5cccc(c5NC2O3)-c2cccc3[nH]cc(c23)-c2cnc(o2)-c2nc1oc24. The fourth-order valence-corrected chi connectivity index (χ4v) is 9.12. The first-order chi connectivity index (χ1) is 25.4. The van der Waals surface area contributed by atoms with E-state index in [9.17, 15) is 9.59 Å². The minimum absolute atomic E-state index is 0.133. The number of nitrogens with zero attached hydrogens (tertiary/aromatic N) is 2. The van der Waals surface area contributed by atoms with Gasteiger partial charge in [-0.05, 0) is 40.6 Å². The van der Waals surface area contributed by atoms with Crippen LogP contribution in [0.5, 0.6) is 5.75 Å². The van der Waals surface area contributed by atoms with Crippen LogP contribution < -0.4 is 20.7 Å². The van der Waals surface area contributed by atoms with Crippen molar-refractivity contribution in [1.29, 1.82) is 0 Å². The standard InChI is InChI=1S/C40H30N6O5S/c1-18(2)31-38-45-33-34(51-38)40-23-8-3-7-21(20-6-4-9-25-30(20)22(16-41-25)28-17-42-37(33)49-28)32(23)46-39(40)50-27-12-11-19(14-24(27)40)15-26(35(47)44-31)43-36(48)29-10-5-13-52-29/h3-14,16-18,26,31,39,41,46H,15H2,1-2H3,(H,43,48)(H,44,47)/t26-,31-,39?,40-/m0/s1. The van der Waals surface area contributed by atoms with Crippen LogP contribution in [0.3, 0.4) is 0 Å². The van der Waals surface area contributed by atoms with Gasteiger partial charge in [0.15, 0.2) is 23.4 Å². The number of para-hydroxylation sites is 1. The lowest BCUT2D eigenvalue weighted by molar-refractivity contribution is -0.124. The average molecular weight is 707 g/mol. The molecule has 1 spiro atoms. The second-order valence-corrected chi connectivity index (χ2v) is 15.1. The second-order valence-electron chi connectivity index (χ2n) is 14.1. The quantitative estimate of drug-likeness (QED) is 0.151. The lowest BCUT2D eigenvalue weighted by atomic mass is 9.72. The van der Waals surface area contributed by atoms with Gasteiger partial charge in [-0.3, -0.25) is 9.59 Å². The Bertz CT molecular complexity index is 2640. The van der Waals surface area contributed by atoms with Gasteiger partial charge in [-0.2, -0.15) is 0 Å². The molecule has 4 aliphatic heterocycles. The Kier molecular flexibility index (Phi) is 5.95. The summed E-state index contributed by atoms with van der Waals surface area (Å²) in [6.45, 7) is 4.00. The number of aromatic amines is 1. The lowest BCUT2D eigenvalue weighted by Gasteiger charge is -2.28. The van der Waals surface area contributed by atoms with Gasteiger partial charge >= 0.3 is 0 Å². The minimum Gasteiger partial charge on any atom is -0.469 e. The molecule has 4 N–H and O–H groups in total. The average Bonchev–Trinajstić information content (AvgIpc) is 3.99. The predicted octanol–water partition coefficient (Wildman–Crippen LogP) is 7.17. The highest BCUT2D eigenvalue weighted by molar-refractivity contribution is 7.12. The van der Waals surface area contributed by atoms with Gasteiger partial charge < -0.3 is 34.5 Å². The molecule has 52 heavy (non-hydrogen) atoms. The first-order valence-electron chi connectivity index (χ1n) is 17.3. The number of amides is 2. The molecule has 4 aliphatic rings. The Morgan fingerprint density at radius 2 is 1.88 bits per heavy atom. The zero-order chi connectivity index (χ0) is 34.9. The molecule has 4 atom stereocenters. The molecule has 11 rings (SSSR count). The summed E-state index contributed by atoms with van der Waals surface area (Å²) in [4.78, 5) is 41.5. The van der Waals surface area contributed by atoms with E-state index < -0.39 is 23.7 Å². The number of nitrogens with one attached hydrogen (secondary N) is 4. The van der Waals surface area contributed by atoms with Crippen molar-refractivity contribution in [3.05, 3.63) is 118 Å². The van der Waals surface area contributed by atoms with Crippen LogP contribution >= 0.6 is 11.3 Å². The molecule has 0 fully saturated rings. The van der Waals surface area contributed by atoms with Gasteiger partial charge in [0.05, 0.1) is 11.1 Å². The van der Waals surface area contributed by atoms with E-state index in [1.807, 2.05) is 49.7 Å². The third kappa shape index (κ3) is 3.89. The van der Waals surface area contributed by atoms with Crippen molar-refractivity contribution in [3.63, 3.8) is 0 Å². The maximum absolute atomic E-state index is 14.2. The summed E-state index contributed by atoms with van der Waals surface area (Å²) in [5.41, 5.74) is 6.88. The van der Waals surface area contributed by atoms with Crippen LogP contribution in [0.15, 0.2) is 93.3 Å². The summed E-state index contributed by atoms with van der Waals surface area (Å²) in [5.74, 6) is 1.59. The van der Waals surface area contributed by atoms with Gasteiger partial charge in [-0.25, -0.2) is 9.97 Å². The van der Waals surface area contributed by atoms with E-state index in [4.69, 9.17) is 23.5 Å². The third-order valence-corrected chi connectivity index (χ3v) is 11.7. The number of aromatic nitrogens is 3. The van der Waals surface area contributed by atoms with Gasteiger partial charge in [-0.15, -0.1) is 11.3 Å². The molecule has 0 radical (unpaired) electrons. The molecule has 0 aliphatic carbocycles. The van der Waals surface area contributed by atoms with Crippen LogP contribution in [-0.4, -0.2) is 39.0 Å². The highest BCUT2D eigenvalue weighted by Crippen LogP contribution is 2.61.